The van der Waals surface area contributed by atoms with Crippen molar-refractivity contribution in [2.24, 2.45) is 11.7 Å². The molecule has 6 heteroatoms. The molecule has 0 aliphatic heterocycles. The van der Waals surface area contributed by atoms with Crippen LogP contribution in [0.5, 0.6) is 0 Å². The second-order valence-electron chi connectivity index (χ2n) is 5.56. The molecule has 0 radical (unpaired) electrons. The molecule has 0 fully saturated rings. The molecule has 0 spiro atoms. The Bertz CT molecular complexity index is 735. The summed E-state index contributed by atoms with van der Waals surface area (Å²) in [4.78, 5) is 1.10. The summed E-state index contributed by atoms with van der Waals surface area (Å²) in [5.74, 6) is 0.246. The molecule has 4 nitrogen and oxygen atoms in total. The van der Waals surface area contributed by atoms with E-state index in [4.69, 9.17) is 5.73 Å². The lowest BCUT2D eigenvalue weighted by Crippen LogP contribution is -2.38. The summed E-state index contributed by atoms with van der Waals surface area (Å²) in [6, 6.07) is 7.49. The van der Waals surface area contributed by atoms with Crippen LogP contribution in [-0.4, -0.2) is 25.8 Å². The molecule has 1 atom stereocenters. The van der Waals surface area contributed by atoms with Crippen molar-refractivity contribution in [2.75, 3.05) is 7.05 Å². The number of rotatable bonds is 5. The first kappa shape index (κ1) is 16.4. The van der Waals surface area contributed by atoms with Gasteiger partial charge in [-0.05, 0) is 18.9 Å². The molecule has 0 amide bonds. The third kappa shape index (κ3) is 2.85. The second-order valence-corrected chi connectivity index (χ2v) is 8.63. The van der Waals surface area contributed by atoms with Gasteiger partial charge in [-0.1, -0.05) is 32.0 Å². The molecule has 116 valence electrons. The van der Waals surface area contributed by atoms with Crippen molar-refractivity contribution in [1.82, 2.24) is 4.31 Å². The van der Waals surface area contributed by atoms with Gasteiger partial charge in [-0.15, -0.1) is 11.3 Å². The number of benzene rings is 1. The molecule has 0 aliphatic carbocycles. The van der Waals surface area contributed by atoms with Crippen LogP contribution in [-0.2, 0) is 16.6 Å². The Kier molecular flexibility index (Phi) is 4.72. The first-order valence-electron chi connectivity index (χ1n) is 6.99. The van der Waals surface area contributed by atoms with Crippen molar-refractivity contribution in [1.29, 1.82) is 0 Å². The van der Waals surface area contributed by atoms with Gasteiger partial charge < -0.3 is 5.73 Å². The summed E-state index contributed by atoms with van der Waals surface area (Å²) < 4.78 is 28.4. The molecule has 0 bridgehead atoms. The summed E-state index contributed by atoms with van der Waals surface area (Å²) in [5.41, 5.74) is 5.77. The molecule has 1 aromatic carbocycles. The smallest absolute Gasteiger partial charge is 0.244 e. The van der Waals surface area contributed by atoms with E-state index in [1.807, 2.05) is 45.0 Å². The van der Waals surface area contributed by atoms with E-state index in [1.54, 1.807) is 7.05 Å². The SMILES string of the molecule is CC(C)C(C)N(C)S(=O)(=O)c1c(CN)sc2ccccc12. The second kappa shape index (κ2) is 6.04. The molecule has 0 saturated carbocycles. The third-order valence-electron chi connectivity index (χ3n) is 3.98. The highest BCUT2D eigenvalue weighted by Gasteiger charge is 2.31. The molecule has 1 unspecified atom stereocenters. The minimum Gasteiger partial charge on any atom is -0.326 e. The van der Waals surface area contributed by atoms with E-state index in [1.165, 1.54) is 15.6 Å². The summed E-state index contributed by atoms with van der Waals surface area (Å²) >= 11 is 1.46. The van der Waals surface area contributed by atoms with Gasteiger partial charge in [0.2, 0.25) is 10.0 Å². The summed E-state index contributed by atoms with van der Waals surface area (Å²) in [7, 11) is -1.90. The van der Waals surface area contributed by atoms with Gasteiger partial charge >= 0.3 is 0 Å². The average molecular weight is 326 g/mol. The number of nitrogens with two attached hydrogens (primary N) is 1. The fourth-order valence-electron chi connectivity index (χ4n) is 2.27. The van der Waals surface area contributed by atoms with Crippen molar-refractivity contribution in [3.8, 4) is 0 Å². The zero-order valence-corrected chi connectivity index (χ0v) is 14.5. The van der Waals surface area contributed by atoms with Gasteiger partial charge in [0.1, 0.15) is 4.90 Å². The lowest BCUT2D eigenvalue weighted by Gasteiger charge is -2.27. The summed E-state index contributed by atoms with van der Waals surface area (Å²) in [6.07, 6.45) is 0. The predicted molar refractivity (Wildman–Crippen MR) is 89.0 cm³/mol. The number of sulfonamides is 1. The molecule has 0 aliphatic rings. The topological polar surface area (TPSA) is 63.4 Å². The van der Waals surface area contributed by atoms with E-state index < -0.39 is 10.0 Å². The van der Waals surface area contributed by atoms with E-state index in [2.05, 4.69) is 0 Å². The molecule has 1 aromatic heterocycles. The van der Waals surface area contributed by atoms with Crippen LogP contribution in [0.1, 0.15) is 25.6 Å². The third-order valence-corrected chi connectivity index (χ3v) is 7.37. The number of fused-ring (bicyclic) bond motifs is 1. The lowest BCUT2D eigenvalue weighted by atomic mass is 10.1. The minimum absolute atomic E-state index is 0.0701. The van der Waals surface area contributed by atoms with Gasteiger partial charge in [-0.25, -0.2) is 8.42 Å². The van der Waals surface area contributed by atoms with Gasteiger partial charge in [-0.2, -0.15) is 4.31 Å². The number of hydrogen-bond acceptors (Lipinski definition) is 4. The van der Waals surface area contributed by atoms with E-state index in [-0.39, 0.29) is 18.5 Å². The van der Waals surface area contributed by atoms with E-state index in [0.29, 0.717) is 4.90 Å². The Morgan fingerprint density at radius 1 is 1.24 bits per heavy atom. The normalized spacial score (nSPS) is 14.2. The quantitative estimate of drug-likeness (QED) is 0.918. The number of hydrogen-bond donors (Lipinski definition) is 1. The first-order valence-corrected chi connectivity index (χ1v) is 9.24. The van der Waals surface area contributed by atoms with Gasteiger partial charge in [0, 0.05) is 34.6 Å². The van der Waals surface area contributed by atoms with E-state index in [9.17, 15) is 8.42 Å². The van der Waals surface area contributed by atoms with Crippen molar-refractivity contribution in [3.63, 3.8) is 0 Å². The Morgan fingerprint density at radius 2 is 1.86 bits per heavy atom. The molecule has 2 rings (SSSR count). The van der Waals surface area contributed by atoms with E-state index >= 15 is 0 Å². The molecule has 21 heavy (non-hydrogen) atoms. The Hall–Kier alpha value is -0.950. The maximum absolute atomic E-state index is 13.0. The van der Waals surface area contributed by atoms with Crippen LogP contribution in [0.25, 0.3) is 10.1 Å². The van der Waals surface area contributed by atoms with Gasteiger partial charge in [0.25, 0.3) is 0 Å². The fourth-order valence-corrected chi connectivity index (χ4v) is 5.55. The standard InChI is InChI=1S/C15H22N2O2S2/c1-10(2)11(3)17(4)21(18,19)15-12-7-5-6-8-13(12)20-14(15)9-16/h5-8,10-11H,9,16H2,1-4H3. The Labute approximate surface area is 130 Å². The molecular formula is C15H22N2O2S2. The van der Waals surface area contributed by atoms with Crippen LogP contribution in [0.15, 0.2) is 29.2 Å². The minimum atomic E-state index is -3.55. The molecular weight excluding hydrogens is 304 g/mol. The van der Waals surface area contributed by atoms with Crippen LogP contribution >= 0.6 is 11.3 Å². The van der Waals surface area contributed by atoms with Crippen molar-refractivity contribution in [3.05, 3.63) is 29.1 Å². The maximum Gasteiger partial charge on any atom is 0.244 e. The fraction of sp³-hybridized carbons (Fsp3) is 0.467. The molecule has 0 saturated heterocycles. The summed E-state index contributed by atoms with van der Waals surface area (Å²) in [6.45, 7) is 6.20. The van der Waals surface area contributed by atoms with Gasteiger partial charge in [0.15, 0.2) is 0 Å². The monoisotopic (exact) mass is 326 g/mol. The van der Waals surface area contributed by atoms with Gasteiger partial charge in [-0.3, -0.25) is 0 Å². The van der Waals surface area contributed by atoms with Crippen LogP contribution in [0.2, 0.25) is 0 Å². The largest absolute Gasteiger partial charge is 0.326 e. The lowest BCUT2D eigenvalue weighted by molar-refractivity contribution is 0.316. The zero-order chi connectivity index (χ0) is 15.8. The Balaban J connectivity index is 2.64. The first-order chi connectivity index (χ1) is 9.80. The maximum atomic E-state index is 13.0. The molecule has 2 N–H and O–H groups in total. The van der Waals surface area contributed by atoms with Crippen molar-refractivity contribution >= 4 is 31.4 Å². The Morgan fingerprint density at radius 3 is 2.43 bits per heavy atom. The average Bonchev–Trinajstić information content (AvgIpc) is 2.84. The van der Waals surface area contributed by atoms with Crippen LogP contribution < -0.4 is 5.73 Å². The number of thiophene rings is 1. The summed E-state index contributed by atoms with van der Waals surface area (Å²) in [5, 5.41) is 0.769. The highest BCUT2D eigenvalue weighted by atomic mass is 32.2. The van der Waals surface area contributed by atoms with Crippen LogP contribution in [0, 0.1) is 5.92 Å². The number of nitrogens with zero attached hydrogens (tertiary/aromatic N) is 1. The van der Waals surface area contributed by atoms with Crippen molar-refractivity contribution < 1.29 is 8.42 Å². The van der Waals surface area contributed by atoms with Crippen LogP contribution in [0.4, 0.5) is 0 Å². The van der Waals surface area contributed by atoms with E-state index in [0.717, 1.165) is 15.0 Å². The molecule has 2 aromatic rings. The molecule has 1 heterocycles. The highest BCUT2D eigenvalue weighted by molar-refractivity contribution is 7.89. The zero-order valence-electron chi connectivity index (χ0n) is 12.8. The van der Waals surface area contributed by atoms with Gasteiger partial charge in [0.05, 0.1) is 0 Å². The highest BCUT2D eigenvalue weighted by Crippen LogP contribution is 2.36. The van der Waals surface area contributed by atoms with Crippen molar-refractivity contribution in [2.45, 2.75) is 38.3 Å². The van der Waals surface area contributed by atoms with Crippen LogP contribution in [0.3, 0.4) is 0 Å². The predicted octanol–water partition coefficient (Wildman–Crippen LogP) is 3.03.